The first kappa shape index (κ1) is 17.5. The number of carbonyl (C=O) groups is 1. The molecule has 2 aromatic carbocycles. The summed E-state index contributed by atoms with van der Waals surface area (Å²) >= 11 is 0. The molecular weight excluding hydrogens is 328 g/mol. The van der Waals surface area contributed by atoms with Gasteiger partial charge in [0.1, 0.15) is 5.75 Å². The van der Waals surface area contributed by atoms with Crippen LogP contribution in [0.15, 0.2) is 48.5 Å². The lowest BCUT2D eigenvalue weighted by Crippen LogP contribution is -2.20. The van der Waals surface area contributed by atoms with Crippen LogP contribution in [-0.4, -0.2) is 32.2 Å². The van der Waals surface area contributed by atoms with Gasteiger partial charge in [-0.05, 0) is 31.2 Å². The summed E-state index contributed by atoms with van der Waals surface area (Å²) in [4.78, 5) is 19.0. The van der Waals surface area contributed by atoms with Crippen molar-refractivity contribution in [2.75, 3.05) is 36.7 Å². The van der Waals surface area contributed by atoms with E-state index in [4.69, 9.17) is 4.74 Å². The number of ether oxygens (including phenoxy) is 1. The summed E-state index contributed by atoms with van der Waals surface area (Å²) in [5, 5.41) is 6.64. The van der Waals surface area contributed by atoms with Crippen LogP contribution in [-0.2, 0) is 0 Å². The molecule has 1 heterocycles. The van der Waals surface area contributed by atoms with E-state index in [1.165, 1.54) is 0 Å². The van der Waals surface area contributed by atoms with Gasteiger partial charge in [-0.1, -0.05) is 18.2 Å². The maximum Gasteiger partial charge on any atom is 0.323 e. The number of aromatic nitrogens is 1. The summed E-state index contributed by atoms with van der Waals surface area (Å²) in [6.45, 7) is 1.90. The molecule has 1 aromatic heterocycles. The molecule has 3 aromatic rings. The summed E-state index contributed by atoms with van der Waals surface area (Å²) in [5.41, 5.74) is 3.99. The summed E-state index contributed by atoms with van der Waals surface area (Å²) in [7, 11) is 5.48. The van der Waals surface area contributed by atoms with Gasteiger partial charge < -0.3 is 20.3 Å². The number of benzene rings is 2. The molecular formula is C20H22N4O2. The van der Waals surface area contributed by atoms with Gasteiger partial charge in [0, 0.05) is 36.9 Å². The number of anilines is 3. The van der Waals surface area contributed by atoms with Gasteiger partial charge in [-0.3, -0.25) is 4.98 Å². The fraction of sp³-hybridized carbons (Fsp3) is 0.200. The molecule has 2 amide bonds. The van der Waals surface area contributed by atoms with Crippen molar-refractivity contribution in [2.24, 2.45) is 0 Å². The van der Waals surface area contributed by atoms with Crippen LogP contribution >= 0.6 is 0 Å². The van der Waals surface area contributed by atoms with Gasteiger partial charge >= 0.3 is 6.03 Å². The Labute approximate surface area is 152 Å². The summed E-state index contributed by atoms with van der Waals surface area (Å²) in [5.74, 6) is 0.599. The van der Waals surface area contributed by atoms with Gasteiger partial charge in [0.05, 0.1) is 24.0 Å². The number of amides is 2. The summed E-state index contributed by atoms with van der Waals surface area (Å²) in [6, 6.07) is 14.8. The van der Waals surface area contributed by atoms with Gasteiger partial charge in [0.15, 0.2) is 0 Å². The minimum absolute atomic E-state index is 0.336. The largest absolute Gasteiger partial charge is 0.494 e. The Kier molecular flexibility index (Phi) is 4.93. The third-order valence-electron chi connectivity index (χ3n) is 4.04. The number of carbonyl (C=O) groups excluding carboxylic acids is 1. The number of para-hydroxylation sites is 1. The molecule has 0 spiro atoms. The smallest absolute Gasteiger partial charge is 0.323 e. The molecule has 0 saturated carbocycles. The highest BCUT2D eigenvalue weighted by atomic mass is 16.5. The maximum atomic E-state index is 12.5. The molecule has 0 aliphatic carbocycles. The molecule has 3 rings (SSSR count). The van der Waals surface area contributed by atoms with Crippen molar-refractivity contribution in [3.63, 3.8) is 0 Å². The van der Waals surface area contributed by atoms with Crippen molar-refractivity contribution in [2.45, 2.75) is 6.92 Å². The highest BCUT2D eigenvalue weighted by Crippen LogP contribution is 2.29. The van der Waals surface area contributed by atoms with Crippen LogP contribution in [0.2, 0.25) is 0 Å². The average Bonchev–Trinajstić information content (AvgIpc) is 2.61. The van der Waals surface area contributed by atoms with Crippen LogP contribution in [0.4, 0.5) is 21.9 Å². The number of aryl methyl sites for hydroxylation is 1. The standard InChI is InChI=1S/C20H22N4O2/c1-13-11-18(15-7-5-6-8-16(15)21-13)23-20(25)22-17-10-9-14(24(2)3)12-19(17)26-4/h5-12H,1-4H3,(H2,21,22,23,25). The second-order valence-corrected chi connectivity index (χ2v) is 6.19. The number of nitrogens with zero attached hydrogens (tertiary/aromatic N) is 2. The highest BCUT2D eigenvalue weighted by Gasteiger charge is 2.11. The molecule has 0 bridgehead atoms. The number of pyridine rings is 1. The van der Waals surface area contributed by atoms with Gasteiger partial charge in [-0.25, -0.2) is 4.79 Å². The van der Waals surface area contributed by atoms with Crippen molar-refractivity contribution in [3.8, 4) is 5.75 Å². The van der Waals surface area contributed by atoms with E-state index in [2.05, 4.69) is 15.6 Å². The quantitative estimate of drug-likeness (QED) is 0.738. The Balaban J connectivity index is 1.84. The van der Waals surface area contributed by atoms with E-state index in [1.54, 1.807) is 7.11 Å². The lowest BCUT2D eigenvalue weighted by Gasteiger charge is -2.17. The first-order chi connectivity index (χ1) is 12.5. The van der Waals surface area contributed by atoms with Crippen LogP contribution in [0.25, 0.3) is 10.9 Å². The van der Waals surface area contributed by atoms with Crippen LogP contribution in [0.3, 0.4) is 0 Å². The number of fused-ring (bicyclic) bond motifs is 1. The fourth-order valence-electron chi connectivity index (χ4n) is 2.75. The second kappa shape index (κ2) is 7.31. The number of hydrogen-bond acceptors (Lipinski definition) is 4. The van der Waals surface area contributed by atoms with E-state index in [0.29, 0.717) is 11.4 Å². The average molecular weight is 350 g/mol. The van der Waals surface area contributed by atoms with Crippen LogP contribution in [0.1, 0.15) is 5.69 Å². The number of urea groups is 1. The molecule has 0 radical (unpaired) electrons. The van der Waals surface area contributed by atoms with Gasteiger partial charge in [0.2, 0.25) is 0 Å². The molecule has 2 N–H and O–H groups in total. The lowest BCUT2D eigenvalue weighted by molar-refractivity contribution is 0.262. The zero-order valence-electron chi connectivity index (χ0n) is 15.3. The number of methoxy groups -OCH3 is 1. The molecule has 6 heteroatoms. The monoisotopic (exact) mass is 350 g/mol. The zero-order valence-corrected chi connectivity index (χ0v) is 15.3. The fourth-order valence-corrected chi connectivity index (χ4v) is 2.75. The van der Waals surface area contributed by atoms with Crippen molar-refractivity contribution < 1.29 is 9.53 Å². The molecule has 0 fully saturated rings. The molecule has 134 valence electrons. The SMILES string of the molecule is COc1cc(N(C)C)ccc1NC(=O)Nc1cc(C)nc2ccccc12. The number of hydrogen-bond donors (Lipinski definition) is 2. The van der Waals surface area contributed by atoms with Crippen molar-refractivity contribution in [3.05, 3.63) is 54.2 Å². The molecule has 0 aliphatic heterocycles. The lowest BCUT2D eigenvalue weighted by atomic mass is 10.1. The van der Waals surface area contributed by atoms with Gasteiger partial charge in [-0.2, -0.15) is 0 Å². The Morgan fingerprint density at radius 2 is 1.77 bits per heavy atom. The van der Waals surface area contributed by atoms with Crippen LogP contribution < -0.4 is 20.3 Å². The number of rotatable bonds is 4. The van der Waals surface area contributed by atoms with Crippen LogP contribution in [0, 0.1) is 6.92 Å². The van der Waals surface area contributed by atoms with Gasteiger partial charge in [-0.15, -0.1) is 0 Å². The summed E-state index contributed by atoms with van der Waals surface area (Å²) < 4.78 is 5.40. The second-order valence-electron chi connectivity index (χ2n) is 6.19. The number of nitrogens with one attached hydrogen (secondary N) is 2. The normalized spacial score (nSPS) is 10.5. The summed E-state index contributed by atoms with van der Waals surface area (Å²) in [6.07, 6.45) is 0. The minimum Gasteiger partial charge on any atom is -0.494 e. The zero-order chi connectivity index (χ0) is 18.7. The third-order valence-corrected chi connectivity index (χ3v) is 4.04. The van der Waals surface area contributed by atoms with E-state index in [1.807, 2.05) is 74.4 Å². The van der Waals surface area contributed by atoms with E-state index >= 15 is 0 Å². The Morgan fingerprint density at radius 3 is 2.50 bits per heavy atom. The first-order valence-corrected chi connectivity index (χ1v) is 8.27. The molecule has 26 heavy (non-hydrogen) atoms. The Bertz CT molecular complexity index is 954. The van der Waals surface area contributed by atoms with E-state index in [-0.39, 0.29) is 6.03 Å². The van der Waals surface area contributed by atoms with Crippen molar-refractivity contribution in [1.82, 2.24) is 4.98 Å². The van der Waals surface area contributed by atoms with Crippen molar-refractivity contribution in [1.29, 1.82) is 0 Å². The van der Waals surface area contributed by atoms with E-state index in [9.17, 15) is 4.79 Å². The predicted octanol–water partition coefficient (Wildman–Crippen LogP) is 4.26. The Hall–Kier alpha value is -3.28. The highest BCUT2D eigenvalue weighted by molar-refractivity contribution is 6.06. The molecule has 6 nitrogen and oxygen atoms in total. The minimum atomic E-state index is -0.336. The van der Waals surface area contributed by atoms with Crippen LogP contribution in [0.5, 0.6) is 5.75 Å². The first-order valence-electron chi connectivity index (χ1n) is 8.27. The Morgan fingerprint density at radius 1 is 1.04 bits per heavy atom. The molecule has 0 unspecified atom stereocenters. The molecule has 0 saturated heterocycles. The topological polar surface area (TPSA) is 66.5 Å². The van der Waals surface area contributed by atoms with E-state index in [0.717, 1.165) is 28.0 Å². The molecule has 0 atom stereocenters. The molecule has 0 aliphatic rings. The van der Waals surface area contributed by atoms with E-state index < -0.39 is 0 Å². The third kappa shape index (κ3) is 3.69. The predicted molar refractivity (Wildman–Crippen MR) is 106 cm³/mol. The maximum absolute atomic E-state index is 12.5. The van der Waals surface area contributed by atoms with Gasteiger partial charge in [0.25, 0.3) is 0 Å². The van der Waals surface area contributed by atoms with Crippen molar-refractivity contribution >= 4 is 34.0 Å².